The molecule has 9 heteroatoms. The van der Waals surface area contributed by atoms with Gasteiger partial charge in [-0.1, -0.05) is 6.07 Å². The van der Waals surface area contributed by atoms with Crippen molar-refractivity contribution in [1.29, 1.82) is 0 Å². The number of hydrogen-bond donors (Lipinski definition) is 2. The van der Waals surface area contributed by atoms with E-state index in [-0.39, 0.29) is 11.3 Å². The summed E-state index contributed by atoms with van der Waals surface area (Å²) in [6.45, 7) is 1.63. The number of carbonyl (C=O) groups is 1. The molecule has 1 aromatic heterocycles. The summed E-state index contributed by atoms with van der Waals surface area (Å²) in [7, 11) is 0. The van der Waals surface area contributed by atoms with Gasteiger partial charge in [0, 0.05) is 36.1 Å². The molecule has 0 spiro atoms. The molecule has 0 bridgehead atoms. The van der Waals surface area contributed by atoms with Crippen LogP contribution in [-0.4, -0.2) is 30.6 Å². The number of alkyl halides is 3. The quantitative estimate of drug-likeness (QED) is 0.816. The van der Waals surface area contributed by atoms with E-state index in [1.165, 1.54) is 12.1 Å². The Kier molecular flexibility index (Phi) is 5.19. The number of pyridine rings is 1. The minimum atomic E-state index is -4.65. The first-order valence-corrected chi connectivity index (χ1v) is 7.81. The largest absolute Gasteiger partial charge is 0.433 e. The molecule has 2 N–H and O–H groups in total. The van der Waals surface area contributed by atoms with Crippen molar-refractivity contribution in [3.8, 4) is 0 Å². The molecule has 0 saturated carbocycles. The first kappa shape index (κ1) is 18.3. The minimum Gasteiger partial charge on any atom is -0.371 e. The standard InChI is InChI=1S/C17H15F4N3O2/c18-13-8-11(1-2-12(13)14-9-22-5-6-26-14)24-16(25)10-3-4-23-15(7-10)17(19,20)21/h1-4,7-8,14,22H,5-6,9H2,(H,24,25). The summed E-state index contributed by atoms with van der Waals surface area (Å²) in [5.74, 6) is -1.36. The molecular weight excluding hydrogens is 354 g/mol. The van der Waals surface area contributed by atoms with E-state index in [1.54, 1.807) is 0 Å². The lowest BCUT2D eigenvalue weighted by Gasteiger charge is -2.24. The van der Waals surface area contributed by atoms with E-state index in [0.29, 0.717) is 31.3 Å². The predicted molar refractivity (Wildman–Crippen MR) is 85.2 cm³/mol. The number of hydrogen-bond acceptors (Lipinski definition) is 4. The molecule has 2 aromatic rings. The number of anilines is 1. The van der Waals surface area contributed by atoms with Gasteiger partial charge < -0.3 is 15.4 Å². The maximum absolute atomic E-state index is 14.3. The van der Waals surface area contributed by atoms with Crippen LogP contribution in [0.3, 0.4) is 0 Å². The van der Waals surface area contributed by atoms with Gasteiger partial charge in [0.15, 0.2) is 0 Å². The van der Waals surface area contributed by atoms with Crippen molar-refractivity contribution in [2.45, 2.75) is 12.3 Å². The van der Waals surface area contributed by atoms with Crippen molar-refractivity contribution in [3.05, 3.63) is 59.2 Å². The average Bonchev–Trinajstić information content (AvgIpc) is 2.62. The molecule has 1 aromatic carbocycles. The van der Waals surface area contributed by atoms with Gasteiger partial charge in [0.2, 0.25) is 0 Å². The monoisotopic (exact) mass is 369 g/mol. The lowest BCUT2D eigenvalue weighted by atomic mass is 10.1. The number of morpholine rings is 1. The SMILES string of the molecule is O=C(Nc1ccc(C2CNCCO2)c(F)c1)c1ccnc(C(F)(F)F)c1. The van der Waals surface area contributed by atoms with Gasteiger partial charge in [-0.05, 0) is 24.3 Å². The van der Waals surface area contributed by atoms with Crippen LogP contribution in [0.15, 0.2) is 36.5 Å². The summed E-state index contributed by atoms with van der Waals surface area (Å²) >= 11 is 0. The molecule has 138 valence electrons. The number of aromatic nitrogens is 1. The van der Waals surface area contributed by atoms with E-state index in [2.05, 4.69) is 15.6 Å². The fourth-order valence-electron chi connectivity index (χ4n) is 2.56. The summed E-state index contributed by atoms with van der Waals surface area (Å²) in [5.41, 5.74) is -0.922. The highest BCUT2D eigenvalue weighted by Gasteiger charge is 2.33. The Morgan fingerprint density at radius 2 is 2.08 bits per heavy atom. The number of amides is 1. The van der Waals surface area contributed by atoms with Crippen molar-refractivity contribution >= 4 is 11.6 Å². The molecule has 1 atom stereocenters. The van der Waals surface area contributed by atoms with Gasteiger partial charge >= 0.3 is 6.18 Å². The number of carbonyl (C=O) groups excluding carboxylic acids is 1. The molecule has 26 heavy (non-hydrogen) atoms. The number of benzene rings is 1. The lowest BCUT2D eigenvalue weighted by molar-refractivity contribution is -0.141. The van der Waals surface area contributed by atoms with E-state index in [1.807, 2.05) is 0 Å². The molecule has 1 fully saturated rings. The molecule has 1 aliphatic rings. The average molecular weight is 369 g/mol. The third-order valence-corrected chi connectivity index (χ3v) is 3.85. The molecular formula is C17H15F4N3O2. The molecule has 3 rings (SSSR count). The lowest BCUT2D eigenvalue weighted by Crippen LogP contribution is -2.33. The number of nitrogens with zero attached hydrogens (tertiary/aromatic N) is 1. The van der Waals surface area contributed by atoms with Crippen LogP contribution >= 0.6 is 0 Å². The fraction of sp³-hybridized carbons (Fsp3) is 0.294. The van der Waals surface area contributed by atoms with Gasteiger partial charge in [-0.25, -0.2) is 4.39 Å². The van der Waals surface area contributed by atoms with Crippen LogP contribution in [-0.2, 0) is 10.9 Å². The number of halogens is 4. The zero-order chi connectivity index (χ0) is 18.7. The van der Waals surface area contributed by atoms with E-state index in [9.17, 15) is 22.4 Å². The second-order valence-electron chi connectivity index (χ2n) is 5.68. The first-order valence-electron chi connectivity index (χ1n) is 7.81. The molecule has 1 aliphatic heterocycles. The smallest absolute Gasteiger partial charge is 0.371 e. The third kappa shape index (κ3) is 4.17. The molecule has 5 nitrogen and oxygen atoms in total. The molecule has 1 unspecified atom stereocenters. The molecule has 1 amide bonds. The molecule has 0 aliphatic carbocycles. The van der Waals surface area contributed by atoms with Gasteiger partial charge in [0.1, 0.15) is 11.5 Å². The van der Waals surface area contributed by atoms with Gasteiger partial charge in [0.25, 0.3) is 5.91 Å². The Morgan fingerprint density at radius 3 is 2.73 bits per heavy atom. The minimum absolute atomic E-state index is 0.130. The van der Waals surface area contributed by atoms with Crippen LogP contribution in [0, 0.1) is 5.82 Å². The van der Waals surface area contributed by atoms with Crippen LogP contribution in [0.2, 0.25) is 0 Å². The Labute approximate surface area is 146 Å². The number of rotatable bonds is 3. The van der Waals surface area contributed by atoms with E-state index in [4.69, 9.17) is 4.74 Å². The molecule has 2 heterocycles. The Hall–Kier alpha value is -2.52. The predicted octanol–water partition coefficient (Wildman–Crippen LogP) is 3.15. The summed E-state index contributed by atoms with van der Waals surface area (Å²) in [5, 5.41) is 5.46. The van der Waals surface area contributed by atoms with Crippen LogP contribution in [0.5, 0.6) is 0 Å². The maximum Gasteiger partial charge on any atom is 0.433 e. The molecule has 0 radical (unpaired) electrons. The summed E-state index contributed by atoms with van der Waals surface area (Å²) in [6.07, 6.45) is -4.18. The number of ether oxygens (including phenoxy) is 1. The third-order valence-electron chi connectivity index (χ3n) is 3.85. The Bertz CT molecular complexity index is 805. The van der Waals surface area contributed by atoms with Crippen LogP contribution in [0.25, 0.3) is 0 Å². The zero-order valence-electron chi connectivity index (χ0n) is 13.4. The van der Waals surface area contributed by atoms with Crippen molar-refractivity contribution in [2.24, 2.45) is 0 Å². The summed E-state index contributed by atoms with van der Waals surface area (Å²) < 4.78 is 57.8. The highest BCUT2D eigenvalue weighted by atomic mass is 19.4. The summed E-state index contributed by atoms with van der Waals surface area (Å²) in [6, 6.07) is 5.85. The maximum atomic E-state index is 14.3. The van der Waals surface area contributed by atoms with E-state index >= 15 is 0 Å². The first-order chi connectivity index (χ1) is 12.3. The second-order valence-corrected chi connectivity index (χ2v) is 5.68. The highest BCUT2D eigenvalue weighted by molar-refractivity contribution is 6.04. The van der Waals surface area contributed by atoms with Gasteiger partial charge in [-0.15, -0.1) is 0 Å². The summed E-state index contributed by atoms with van der Waals surface area (Å²) in [4.78, 5) is 15.3. The van der Waals surface area contributed by atoms with Crippen LogP contribution < -0.4 is 10.6 Å². The van der Waals surface area contributed by atoms with Crippen LogP contribution in [0.4, 0.5) is 23.2 Å². The van der Waals surface area contributed by atoms with Crippen molar-refractivity contribution < 1.29 is 27.1 Å². The normalized spacial score (nSPS) is 17.8. The van der Waals surface area contributed by atoms with Gasteiger partial charge in [-0.3, -0.25) is 9.78 Å². The zero-order valence-corrected chi connectivity index (χ0v) is 13.4. The Morgan fingerprint density at radius 1 is 1.27 bits per heavy atom. The van der Waals surface area contributed by atoms with Crippen molar-refractivity contribution in [2.75, 3.05) is 25.0 Å². The van der Waals surface area contributed by atoms with E-state index < -0.39 is 29.7 Å². The number of nitrogens with one attached hydrogen (secondary N) is 2. The van der Waals surface area contributed by atoms with E-state index in [0.717, 1.165) is 18.3 Å². The topological polar surface area (TPSA) is 63.2 Å². The highest BCUT2D eigenvalue weighted by Crippen LogP contribution is 2.28. The Balaban J connectivity index is 1.74. The van der Waals surface area contributed by atoms with Crippen molar-refractivity contribution in [1.82, 2.24) is 10.3 Å². The van der Waals surface area contributed by atoms with Crippen LogP contribution in [0.1, 0.15) is 27.7 Å². The van der Waals surface area contributed by atoms with Gasteiger partial charge in [-0.2, -0.15) is 13.2 Å². The van der Waals surface area contributed by atoms with Crippen molar-refractivity contribution in [3.63, 3.8) is 0 Å². The van der Waals surface area contributed by atoms with Gasteiger partial charge in [0.05, 0.1) is 12.7 Å². The molecule has 1 saturated heterocycles. The second kappa shape index (κ2) is 7.38. The fourth-order valence-corrected chi connectivity index (χ4v) is 2.56.